The summed E-state index contributed by atoms with van der Waals surface area (Å²) in [4.78, 5) is 8.27. The Morgan fingerprint density at radius 1 is 1.52 bits per heavy atom. The summed E-state index contributed by atoms with van der Waals surface area (Å²) in [7, 11) is 1.68. The zero-order chi connectivity index (χ0) is 15.8. The highest BCUT2D eigenvalue weighted by Gasteiger charge is 2.23. The highest BCUT2D eigenvalue weighted by molar-refractivity contribution is 14.0. The lowest BCUT2D eigenvalue weighted by atomic mass is 10.2. The van der Waals surface area contributed by atoms with Crippen molar-refractivity contribution < 1.29 is 9.47 Å². The number of rotatable bonds is 7. The smallest absolute Gasteiger partial charge is 0.188 e. The molecule has 0 radical (unpaired) electrons. The van der Waals surface area contributed by atoms with E-state index in [0.717, 1.165) is 26.3 Å². The summed E-state index contributed by atoms with van der Waals surface area (Å²) in [5, 5.41) is 5.25. The zero-order valence-electron chi connectivity index (χ0n) is 13.7. The van der Waals surface area contributed by atoms with Gasteiger partial charge in [-0.3, -0.25) is 9.89 Å². The van der Waals surface area contributed by atoms with Gasteiger partial charge in [0, 0.05) is 31.1 Å². The van der Waals surface area contributed by atoms with Crippen LogP contribution >= 0.6 is 35.3 Å². The van der Waals surface area contributed by atoms with Crippen LogP contribution in [-0.2, 0) is 9.47 Å². The first-order valence-corrected chi connectivity index (χ1v) is 8.49. The van der Waals surface area contributed by atoms with Crippen molar-refractivity contribution in [3.8, 4) is 0 Å². The van der Waals surface area contributed by atoms with Crippen molar-refractivity contribution in [1.29, 1.82) is 0 Å². The molecule has 0 saturated carbocycles. The second-order valence-corrected chi connectivity index (χ2v) is 6.39. The third kappa shape index (κ3) is 6.92. The summed E-state index contributed by atoms with van der Waals surface area (Å²) < 4.78 is 10.5. The van der Waals surface area contributed by atoms with Gasteiger partial charge in [0.15, 0.2) is 5.96 Å². The minimum atomic E-state index is 0. The van der Waals surface area contributed by atoms with E-state index in [-0.39, 0.29) is 36.1 Å². The average molecular weight is 454 g/mol. The Morgan fingerprint density at radius 3 is 2.87 bits per heavy atom. The van der Waals surface area contributed by atoms with E-state index in [9.17, 15) is 0 Å². The van der Waals surface area contributed by atoms with Crippen LogP contribution in [0.4, 0.5) is 0 Å². The summed E-state index contributed by atoms with van der Waals surface area (Å²) in [6.45, 7) is 6.71. The van der Waals surface area contributed by atoms with Gasteiger partial charge in [-0.25, -0.2) is 0 Å². The Balaban J connectivity index is 0.00000264. The highest BCUT2D eigenvalue weighted by atomic mass is 127. The molecule has 1 aromatic rings. The molecule has 6 nitrogen and oxygen atoms in total. The monoisotopic (exact) mass is 454 g/mol. The summed E-state index contributed by atoms with van der Waals surface area (Å²) in [5.74, 6) is 0.472. The maximum Gasteiger partial charge on any atom is 0.188 e. The molecule has 1 aromatic heterocycles. The topological polar surface area (TPSA) is 72.1 Å². The van der Waals surface area contributed by atoms with Gasteiger partial charge in [0.25, 0.3) is 0 Å². The molecule has 1 aliphatic rings. The lowest BCUT2D eigenvalue weighted by Crippen LogP contribution is -2.42. The molecule has 1 aliphatic heterocycles. The molecule has 2 rings (SSSR count). The van der Waals surface area contributed by atoms with Gasteiger partial charge in [-0.1, -0.05) is 6.07 Å². The van der Waals surface area contributed by atoms with Crippen molar-refractivity contribution in [1.82, 2.24) is 10.2 Å². The standard InChI is InChI=1S/C15H26N4O2S.HI/c1-12(11-20-2)18-15(16)17-10-13(14-4-3-9-22-14)19-5-7-21-8-6-19;/h3-4,9,12-13H,5-8,10-11H2,1-2H3,(H3,16,17,18);1H. The summed E-state index contributed by atoms with van der Waals surface area (Å²) >= 11 is 1.77. The third-order valence-electron chi connectivity index (χ3n) is 3.60. The molecule has 0 aliphatic carbocycles. The van der Waals surface area contributed by atoms with Gasteiger partial charge in [0.1, 0.15) is 0 Å². The minimum Gasteiger partial charge on any atom is -0.383 e. The Labute approximate surface area is 159 Å². The van der Waals surface area contributed by atoms with E-state index in [0.29, 0.717) is 19.1 Å². The van der Waals surface area contributed by atoms with Crippen LogP contribution in [0.1, 0.15) is 17.8 Å². The predicted octanol–water partition coefficient (Wildman–Crippen LogP) is 1.68. The lowest BCUT2D eigenvalue weighted by molar-refractivity contribution is 0.0186. The van der Waals surface area contributed by atoms with Gasteiger partial charge in [-0.2, -0.15) is 0 Å². The van der Waals surface area contributed by atoms with Crippen LogP contribution in [0.5, 0.6) is 0 Å². The number of nitrogens with two attached hydrogens (primary N) is 1. The van der Waals surface area contributed by atoms with Crippen LogP contribution < -0.4 is 11.1 Å². The number of morpholine rings is 1. The number of hydrogen-bond acceptors (Lipinski definition) is 5. The second kappa shape index (κ2) is 11.2. The first-order valence-electron chi connectivity index (χ1n) is 7.61. The normalized spacial score (nSPS) is 19.0. The maximum atomic E-state index is 5.98. The molecule has 23 heavy (non-hydrogen) atoms. The van der Waals surface area contributed by atoms with Gasteiger partial charge in [0.2, 0.25) is 0 Å². The average Bonchev–Trinajstić information content (AvgIpc) is 3.03. The Morgan fingerprint density at radius 2 is 2.26 bits per heavy atom. The summed E-state index contributed by atoms with van der Waals surface area (Å²) in [6.07, 6.45) is 0. The van der Waals surface area contributed by atoms with E-state index < -0.39 is 0 Å². The Bertz CT molecular complexity index is 452. The van der Waals surface area contributed by atoms with E-state index in [1.807, 2.05) is 6.92 Å². The highest BCUT2D eigenvalue weighted by Crippen LogP contribution is 2.26. The third-order valence-corrected chi connectivity index (χ3v) is 4.58. The number of aliphatic imine (C=N–C) groups is 1. The largest absolute Gasteiger partial charge is 0.383 e. The van der Waals surface area contributed by atoms with Crippen LogP contribution in [-0.4, -0.2) is 63.5 Å². The SMILES string of the molecule is COCC(C)NC(N)=NCC(c1cccs1)N1CCOCC1.I. The molecule has 3 N–H and O–H groups in total. The molecule has 2 heterocycles. The number of guanidine groups is 1. The predicted molar refractivity (Wildman–Crippen MR) is 106 cm³/mol. The van der Waals surface area contributed by atoms with E-state index in [4.69, 9.17) is 15.2 Å². The van der Waals surface area contributed by atoms with Crippen molar-refractivity contribution in [2.75, 3.05) is 46.6 Å². The minimum absolute atomic E-state index is 0. The fourth-order valence-electron chi connectivity index (χ4n) is 2.53. The number of ether oxygens (including phenoxy) is 2. The summed E-state index contributed by atoms with van der Waals surface area (Å²) in [6, 6.07) is 4.66. The van der Waals surface area contributed by atoms with Gasteiger partial charge in [-0.15, -0.1) is 35.3 Å². The molecule has 0 amide bonds. The van der Waals surface area contributed by atoms with Crippen LogP contribution in [0.15, 0.2) is 22.5 Å². The number of methoxy groups -OCH3 is 1. The second-order valence-electron chi connectivity index (χ2n) is 5.41. The van der Waals surface area contributed by atoms with E-state index in [1.165, 1.54) is 4.88 Å². The zero-order valence-corrected chi connectivity index (χ0v) is 16.9. The molecule has 2 unspecified atom stereocenters. The first kappa shape index (κ1) is 20.6. The lowest BCUT2D eigenvalue weighted by Gasteiger charge is -2.33. The molecule has 0 bridgehead atoms. The molecule has 2 atom stereocenters. The molecule has 132 valence electrons. The number of hydrogen-bond donors (Lipinski definition) is 2. The van der Waals surface area contributed by atoms with Gasteiger partial charge in [0.05, 0.1) is 32.4 Å². The van der Waals surface area contributed by atoms with Crippen molar-refractivity contribution >= 4 is 41.3 Å². The van der Waals surface area contributed by atoms with Crippen molar-refractivity contribution in [2.24, 2.45) is 10.7 Å². The Hall–Kier alpha value is -0.420. The fourth-order valence-corrected chi connectivity index (χ4v) is 3.38. The van der Waals surface area contributed by atoms with E-state index >= 15 is 0 Å². The molecule has 0 aromatic carbocycles. The van der Waals surface area contributed by atoms with Crippen LogP contribution in [0.25, 0.3) is 0 Å². The fraction of sp³-hybridized carbons (Fsp3) is 0.667. The molecule has 8 heteroatoms. The van der Waals surface area contributed by atoms with Crippen LogP contribution in [0, 0.1) is 0 Å². The molecule has 0 spiro atoms. The maximum absolute atomic E-state index is 5.98. The van der Waals surface area contributed by atoms with Crippen molar-refractivity contribution in [2.45, 2.75) is 19.0 Å². The van der Waals surface area contributed by atoms with Crippen molar-refractivity contribution in [3.05, 3.63) is 22.4 Å². The molecular weight excluding hydrogens is 427 g/mol. The molecular formula is C15H27IN4O2S. The van der Waals surface area contributed by atoms with E-state index in [1.54, 1.807) is 18.4 Å². The molecule has 1 saturated heterocycles. The Kier molecular flexibility index (Phi) is 10.0. The number of halogens is 1. The van der Waals surface area contributed by atoms with Gasteiger partial charge < -0.3 is 20.5 Å². The number of thiophene rings is 1. The van der Waals surface area contributed by atoms with Gasteiger partial charge in [-0.05, 0) is 18.4 Å². The molecule has 1 fully saturated rings. The first-order chi connectivity index (χ1) is 10.7. The van der Waals surface area contributed by atoms with E-state index in [2.05, 4.69) is 32.7 Å². The quantitative estimate of drug-likeness (QED) is 0.373. The van der Waals surface area contributed by atoms with Crippen LogP contribution in [0.3, 0.4) is 0 Å². The summed E-state index contributed by atoms with van der Waals surface area (Å²) in [5.41, 5.74) is 5.98. The number of nitrogens with one attached hydrogen (secondary N) is 1. The van der Waals surface area contributed by atoms with Crippen LogP contribution in [0.2, 0.25) is 0 Å². The van der Waals surface area contributed by atoms with Gasteiger partial charge >= 0.3 is 0 Å². The van der Waals surface area contributed by atoms with Crippen molar-refractivity contribution in [3.63, 3.8) is 0 Å². The number of nitrogens with zero attached hydrogens (tertiary/aromatic N) is 2.